The van der Waals surface area contributed by atoms with Crippen molar-refractivity contribution in [2.24, 2.45) is 0 Å². The van der Waals surface area contributed by atoms with E-state index in [-0.39, 0.29) is 17.3 Å². The molecule has 0 bridgehead atoms. The number of benzene rings is 1. The van der Waals surface area contributed by atoms with Crippen molar-refractivity contribution in [2.45, 2.75) is 6.92 Å². The second-order valence-corrected chi connectivity index (χ2v) is 4.93. The monoisotopic (exact) mass is 328 g/mol. The van der Waals surface area contributed by atoms with Gasteiger partial charge in [0.15, 0.2) is 17.5 Å². The highest BCUT2D eigenvalue weighted by molar-refractivity contribution is 5.94. The first-order valence-corrected chi connectivity index (χ1v) is 6.94. The maximum Gasteiger partial charge on any atom is 0.337 e. The summed E-state index contributed by atoms with van der Waals surface area (Å²) in [6, 6.07) is 7.98. The Bertz CT molecular complexity index is 895. The van der Waals surface area contributed by atoms with Gasteiger partial charge in [-0.15, -0.1) is 0 Å². The number of nitrogens with zero attached hydrogens (tertiary/aromatic N) is 3. The van der Waals surface area contributed by atoms with Gasteiger partial charge >= 0.3 is 5.97 Å². The van der Waals surface area contributed by atoms with Crippen LogP contribution in [0.25, 0.3) is 0 Å². The molecule has 0 saturated carbocycles. The molecule has 0 unspecified atom stereocenters. The Hall–Kier alpha value is -3.49. The molecule has 0 amide bonds. The Morgan fingerprint density at radius 2 is 2.08 bits per heavy atom. The number of carboxylic acid groups (broad SMARTS) is 1. The third kappa shape index (κ3) is 3.29. The number of hydrogen-bond acceptors (Lipinski definition) is 6. The second-order valence-electron chi connectivity index (χ2n) is 4.93. The highest BCUT2D eigenvalue weighted by atomic mass is 19.1. The van der Waals surface area contributed by atoms with Crippen LogP contribution in [0.1, 0.15) is 16.1 Å². The van der Waals surface area contributed by atoms with Gasteiger partial charge in [0, 0.05) is 11.8 Å². The molecule has 8 nitrogen and oxygen atoms in total. The SMILES string of the molecule is Cc1cc(Nc2nc(Nc3ccccc3C(=O)O)ncc2F)n[nH]1. The zero-order valence-electron chi connectivity index (χ0n) is 12.5. The average Bonchev–Trinajstić information content (AvgIpc) is 2.96. The lowest BCUT2D eigenvalue weighted by Gasteiger charge is -2.09. The van der Waals surface area contributed by atoms with E-state index in [1.807, 2.05) is 6.92 Å². The molecule has 2 heterocycles. The van der Waals surface area contributed by atoms with Crippen LogP contribution in [0.3, 0.4) is 0 Å². The lowest BCUT2D eigenvalue weighted by molar-refractivity contribution is 0.0698. The zero-order valence-corrected chi connectivity index (χ0v) is 12.5. The van der Waals surface area contributed by atoms with Crippen molar-refractivity contribution in [3.8, 4) is 0 Å². The summed E-state index contributed by atoms with van der Waals surface area (Å²) in [5.41, 5.74) is 1.17. The van der Waals surface area contributed by atoms with Gasteiger partial charge in [-0.1, -0.05) is 12.1 Å². The predicted octanol–water partition coefficient (Wildman–Crippen LogP) is 2.83. The summed E-state index contributed by atoms with van der Waals surface area (Å²) >= 11 is 0. The van der Waals surface area contributed by atoms with Crippen molar-refractivity contribution >= 4 is 29.2 Å². The quantitative estimate of drug-likeness (QED) is 0.569. The summed E-state index contributed by atoms with van der Waals surface area (Å²) in [5.74, 6) is -1.37. The van der Waals surface area contributed by atoms with Crippen LogP contribution in [0.5, 0.6) is 0 Å². The Morgan fingerprint density at radius 1 is 1.29 bits per heavy atom. The predicted molar refractivity (Wildman–Crippen MR) is 85.3 cm³/mol. The molecule has 2 aromatic heterocycles. The van der Waals surface area contributed by atoms with Gasteiger partial charge < -0.3 is 15.7 Å². The van der Waals surface area contributed by atoms with E-state index in [4.69, 9.17) is 0 Å². The maximum absolute atomic E-state index is 13.9. The van der Waals surface area contributed by atoms with Crippen LogP contribution >= 0.6 is 0 Å². The summed E-state index contributed by atoms with van der Waals surface area (Å²) in [6.45, 7) is 1.81. The van der Waals surface area contributed by atoms with E-state index in [1.165, 1.54) is 6.07 Å². The van der Waals surface area contributed by atoms with E-state index in [1.54, 1.807) is 24.3 Å². The van der Waals surface area contributed by atoms with Crippen LogP contribution in [0.2, 0.25) is 0 Å². The Labute approximate surface area is 135 Å². The van der Waals surface area contributed by atoms with Crippen LogP contribution in [-0.2, 0) is 0 Å². The van der Waals surface area contributed by atoms with Crippen LogP contribution < -0.4 is 10.6 Å². The van der Waals surface area contributed by atoms with Crippen molar-refractivity contribution in [1.82, 2.24) is 20.2 Å². The Morgan fingerprint density at radius 3 is 2.79 bits per heavy atom. The lowest BCUT2D eigenvalue weighted by Crippen LogP contribution is -2.06. The molecule has 0 radical (unpaired) electrons. The highest BCUT2D eigenvalue weighted by Crippen LogP contribution is 2.22. The van der Waals surface area contributed by atoms with Crippen LogP contribution in [0.15, 0.2) is 36.5 Å². The zero-order chi connectivity index (χ0) is 17.1. The van der Waals surface area contributed by atoms with Crippen molar-refractivity contribution < 1.29 is 14.3 Å². The fourth-order valence-electron chi connectivity index (χ4n) is 2.02. The normalized spacial score (nSPS) is 10.4. The van der Waals surface area contributed by atoms with E-state index in [2.05, 4.69) is 30.8 Å². The van der Waals surface area contributed by atoms with Crippen molar-refractivity contribution in [2.75, 3.05) is 10.6 Å². The molecule has 0 spiro atoms. The third-order valence-electron chi connectivity index (χ3n) is 3.10. The molecule has 0 aliphatic heterocycles. The molecule has 9 heteroatoms. The van der Waals surface area contributed by atoms with Gasteiger partial charge in [-0.3, -0.25) is 5.10 Å². The molecule has 122 valence electrons. The van der Waals surface area contributed by atoms with Crippen LogP contribution in [0, 0.1) is 12.7 Å². The summed E-state index contributed by atoms with van der Waals surface area (Å²) in [4.78, 5) is 19.1. The van der Waals surface area contributed by atoms with Crippen molar-refractivity contribution in [3.63, 3.8) is 0 Å². The minimum Gasteiger partial charge on any atom is -0.478 e. The number of aryl methyl sites for hydroxylation is 1. The smallest absolute Gasteiger partial charge is 0.337 e. The molecule has 0 fully saturated rings. The highest BCUT2D eigenvalue weighted by Gasteiger charge is 2.12. The summed E-state index contributed by atoms with van der Waals surface area (Å²) in [7, 11) is 0. The third-order valence-corrected chi connectivity index (χ3v) is 3.10. The average molecular weight is 328 g/mol. The molecule has 0 saturated heterocycles. The molecule has 3 aromatic rings. The van der Waals surface area contributed by atoms with Gasteiger partial charge in [0.25, 0.3) is 0 Å². The minimum atomic E-state index is -1.09. The van der Waals surface area contributed by atoms with Gasteiger partial charge in [0.1, 0.15) is 0 Å². The van der Waals surface area contributed by atoms with Gasteiger partial charge in [-0.2, -0.15) is 10.1 Å². The Balaban J connectivity index is 1.87. The molecule has 3 rings (SSSR count). The number of hydrogen-bond donors (Lipinski definition) is 4. The van der Waals surface area contributed by atoms with Crippen molar-refractivity contribution in [3.05, 3.63) is 53.6 Å². The number of aromatic nitrogens is 4. The van der Waals surface area contributed by atoms with E-state index in [9.17, 15) is 14.3 Å². The molecule has 0 aliphatic rings. The largest absolute Gasteiger partial charge is 0.478 e. The number of anilines is 4. The first-order valence-electron chi connectivity index (χ1n) is 6.94. The minimum absolute atomic E-state index is 0.0554. The first-order chi connectivity index (χ1) is 11.5. The van der Waals surface area contributed by atoms with Gasteiger partial charge in [0.05, 0.1) is 17.4 Å². The van der Waals surface area contributed by atoms with E-state index < -0.39 is 11.8 Å². The van der Waals surface area contributed by atoms with E-state index >= 15 is 0 Å². The molecule has 24 heavy (non-hydrogen) atoms. The lowest BCUT2D eigenvalue weighted by atomic mass is 10.2. The van der Waals surface area contributed by atoms with E-state index in [0.29, 0.717) is 11.5 Å². The van der Waals surface area contributed by atoms with Crippen molar-refractivity contribution in [1.29, 1.82) is 0 Å². The molecular weight excluding hydrogens is 315 g/mol. The molecular formula is C15H13FN6O2. The first kappa shape index (κ1) is 15.4. The topological polar surface area (TPSA) is 116 Å². The van der Waals surface area contributed by atoms with Gasteiger partial charge in [-0.05, 0) is 19.1 Å². The maximum atomic E-state index is 13.9. The molecule has 0 atom stereocenters. The fourth-order valence-corrected chi connectivity index (χ4v) is 2.02. The number of para-hydroxylation sites is 1. The van der Waals surface area contributed by atoms with E-state index in [0.717, 1.165) is 11.9 Å². The summed E-state index contributed by atoms with van der Waals surface area (Å²) < 4.78 is 13.9. The number of aromatic amines is 1. The summed E-state index contributed by atoms with van der Waals surface area (Å²) in [6.07, 6.45) is 0.987. The fraction of sp³-hybridized carbons (Fsp3) is 0.0667. The van der Waals surface area contributed by atoms with Gasteiger partial charge in [-0.25, -0.2) is 14.2 Å². The number of halogens is 1. The number of carbonyl (C=O) groups is 1. The Kier molecular flexibility index (Phi) is 4.06. The number of carboxylic acids is 1. The number of rotatable bonds is 5. The van der Waals surface area contributed by atoms with Crippen LogP contribution in [0.4, 0.5) is 27.7 Å². The number of H-pyrrole nitrogens is 1. The standard InChI is InChI=1S/C15H13FN6O2/c1-8-6-12(22-21-8)19-13-10(16)7-17-15(20-13)18-11-5-3-2-4-9(11)14(23)24/h2-7H,1H3,(H,23,24)(H3,17,18,19,20,21,22). The second kappa shape index (κ2) is 6.32. The van der Waals surface area contributed by atoms with Crippen LogP contribution in [-0.4, -0.2) is 31.2 Å². The molecule has 4 N–H and O–H groups in total. The number of nitrogens with one attached hydrogen (secondary N) is 3. The summed E-state index contributed by atoms with van der Waals surface area (Å²) in [5, 5.41) is 21.3. The van der Waals surface area contributed by atoms with Gasteiger partial charge in [0.2, 0.25) is 5.95 Å². The number of aromatic carboxylic acids is 1. The molecule has 1 aromatic carbocycles. The molecule has 0 aliphatic carbocycles.